The fraction of sp³-hybridized carbons (Fsp3) is 0.444. The van der Waals surface area contributed by atoms with E-state index in [4.69, 9.17) is 4.74 Å². The standard InChI is InChI=1S/C18H24N4O/c1-14-11-15(2)21-18(20-14)19-12-16-5-3-4-6-17(16)13-22-7-9-23-10-8-22/h3-6,11H,7-10,12-13H2,1-2H3,(H,19,20,21). The molecular formula is C18H24N4O. The lowest BCUT2D eigenvalue weighted by Gasteiger charge is -2.27. The molecule has 0 spiro atoms. The van der Waals surface area contributed by atoms with Crippen molar-refractivity contribution in [3.05, 3.63) is 52.8 Å². The van der Waals surface area contributed by atoms with E-state index in [-0.39, 0.29) is 0 Å². The van der Waals surface area contributed by atoms with Crippen LogP contribution in [-0.2, 0) is 17.8 Å². The molecule has 0 atom stereocenters. The summed E-state index contributed by atoms with van der Waals surface area (Å²) in [7, 11) is 0. The highest BCUT2D eigenvalue weighted by atomic mass is 16.5. The Morgan fingerprint density at radius 1 is 1.04 bits per heavy atom. The third-order valence-electron chi connectivity index (χ3n) is 4.04. The first kappa shape index (κ1) is 15.9. The normalized spacial score (nSPS) is 15.6. The Hall–Kier alpha value is -1.98. The molecule has 1 saturated heterocycles. The molecule has 2 heterocycles. The fourth-order valence-electron chi connectivity index (χ4n) is 2.86. The van der Waals surface area contributed by atoms with Crippen LogP contribution in [0.5, 0.6) is 0 Å². The lowest BCUT2D eigenvalue weighted by atomic mass is 10.1. The maximum Gasteiger partial charge on any atom is 0.223 e. The SMILES string of the molecule is Cc1cc(C)nc(NCc2ccccc2CN2CCOCC2)n1. The van der Waals surface area contributed by atoms with Gasteiger partial charge in [0.15, 0.2) is 0 Å². The minimum atomic E-state index is 0.698. The molecule has 0 unspecified atom stereocenters. The fourth-order valence-corrected chi connectivity index (χ4v) is 2.86. The van der Waals surface area contributed by atoms with Gasteiger partial charge >= 0.3 is 0 Å². The van der Waals surface area contributed by atoms with Crippen molar-refractivity contribution in [2.45, 2.75) is 26.9 Å². The van der Waals surface area contributed by atoms with Gasteiger partial charge in [-0.25, -0.2) is 9.97 Å². The third-order valence-corrected chi connectivity index (χ3v) is 4.04. The maximum atomic E-state index is 5.42. The molecule has 1 aliphatic rings. The number of rotatable bonds is 5. The third kappa shape index (κ3) is 4.50. The Bertz CT molecular complexity index is 633. The summed E-state index contributed by atoms with van der Waals surface area (Å²) in [6.07, 6.45) is 0. The molecule has 0 saturated carbocycles. The van der Waals surface area contributed by atoms with Crippen LogP contribution in [0.4, 0.5) is 5.95 Å². The van der Waals surface area contributed by atoms with Crippen molar-refractivity contribution < 1.29 is 4.74 Å². The quantitative estimate of drug-likeness (QED) is 0.919. The van der Waals surface area contributed by atoms with Gasteiger partial charge in [-0.1, -0.05) is 24.3 Å². The predicted octanol–water partition coefficient (Wildman–Crippen LogP) is 2.54. The van der Waals surface area contributed by atoms with Gasteiger partial charge in [-0.15, -0.1) is 0 Å². The summed E-state index contributed by atoms with van der Waals surface area (Å²) in [5.74, 6) is 0.698. The topological polar surface area (TPSA) is 50.3 Å². The highest BCUT2D eigenvalue weighted by Gasteiger charge is 2.12. The zero-order valence-corrected chi connectivity index (χ0v) is 13.9. The molecule has 2 aromatic rings. The number of nitrogens with one attached hydrogen (secondary N) is 1. The molecule has 1 aromatic carbocycles. The number of nitrogens with zero attached hydrogens (tertiary/aromatic N) is 3. The van der Waals surface area contributed by atoms with Crippen molar-refractivity contribution in [3.8, 4) is 0 Å². The van der Waals surface area contributed by atoms with E-state index in [1.807, 2.05) is 19.9 Å². The van der Waals surface area contributed by atoms with Crippen LogP contribution < -0.4 is 5.32 Å². The average molecular weight is 312 g/mol. The molecule has 0 radical (unpaired) electrons. The Balaban J connectivity index is 1.67. The van der Waals surface area contributed by atoms with Gasteiger partial charge in [0.05, 0.1) is 13.2 Å². The summed E-state index contributed by atoms with van der Waals surface area (Å²) in [6.45, 7) is 9.36. The highest BCUT2D eigenvalue weighted by Crippen LogP contribution is 2.14. The van der Waals surface area contributed by atoms with Crippen LogP contribution in [0.1, 0.15) is 22.5 Å². The number of hydrogen-bond donors (Lipinski definition) is 1. The zero-order valence-electron chi connectivity index (χ0n) is 13.9. The van der Waals surface area contributed by atoms with Crippen molar-refractivity contribution in [3.63, 3.8) is 0 Å². The van der Waals surface area contributed by atoms with E-state index in [1.165, 1.54) is 11.1 Å². The van der Waals surface area contributed by atoms with E-state index in [2.05, 4.69) is 44.5 Å². The van der Waals surface area contributed by atoms with Gasteiger partial charge in [0.25, 0.3) is 0 Å². The second-order valence-corrected chi connectivity index (χ2v) is 5.99. The molecule has 1 aliphatic heterocycles. The number of anilines is 1. The molecule has 0 aliphatic carbocycles. The Morgan fingerprint density at radius 3 is 2.39 bits per heavy atom. The van der Waals surface area contributed by atoms with Crippen molar-refractivity contribution in [1.29, 1.82) is 0 Å². The van der Waals surface area contributed by atoms with E-state index in [1.54, 1.807) is 0 Å². The average Bonchev–Trinajstić information content (AvgIpc) is 2.54. The number of aromatic nitrogens is 2. The summed E-state index contributed by atoms with van der Waals surface area (Å²) in [5, 5.41) is 3.35. The van der Waals surface area contributed by atoms with E-state index < -0.39 is 0 Å². The van der Waals surface area contributed by atoms with Crippen LogP contribution in [0, 0.1) is 13.8 Å². The molecule has 23 heavy (non-hydrogen) atoms. The first-order valence-corrected chi connectivity index (χ1v) is 8.14. The molecule has 1 N–H and O–H groups in total. The smallest absolute Gasteiger partial charge is 0.223 e. The lowest BCUT2D eigenvalue weighted by Crippen LogP contribution is -2.35. The van der Waals surface area contributed by atoms with Crippen molar-refractivity contribution in [2.24, 2.45) is 0 Å². The second-order valence-electron chi connectivity index (χ2n) is 5.99. The van der Waals surface area contributed by atoms with E-state index in [9.17, 15) is 0 Å². The molecule has 0 bridgehead atoms. The Labute approximate surface area is 137 Å². The maximum absolute atomic E-state index is 5.42. The molecule has 0 amide bonds. The van der Waals surface area contributed by atoms with Gasteiger partial charge in [-0.05, 0) is 31.0 Å². The molecule has 1 aromatic heterocycles. The van der Waals surface area contributed by atoms with Gasteiger partial charge < -0.3 is 10.1 Å². The van der Waals surface area contributed by atoms with Gasteiger partial charge in [-0.2, -0.15) is 0 Å². The van der Waals surface area contributed by atoms with Crippen LogP contribution in [-0.4, -0.2) is 41.2 Å². The Kier molecular flexibility index (Phi) is 5.20. The molecule has 122 valence electrons. The van der Waals surface area contributed by atoms with Gasteiger partial charge in [0.2, 0.25) is 5.95 Å². The Morgan fingerprint density at radius 2 is 1.70 bits per heavy atom. The van der Waals surface area contributed by atoms with E-state index in [0.717, 1.165) is 50.8 Å². The lowest BCUT2D eigenvalue weighted by molar-refractivity contribution is 0.0341. The number of aryl methyl sites for hydroxylation is 2. The number of ether oxygens (including phenoxy) is 1. The minimum absolute atomic E-state index is 0.698. The summed E-state index contributed by atoms with van der Waals surface area (Å²) in [4.78, 5) is 11.3. The first-order chi connectivity index (χ1) is 11.2. The number of morpholine rings is 1. The first-order valence-electron chi connectivity index (χ1n) is 8.14. The molecule has 1 fully saturated rings. The van der Waals surface area contributed by atoms with Crippen molar-refractivity contribution >= 4 is 5.95 Å². The summed E-state index contributed by atoms with van der Waals surface area (Å²) < 4.78 is 5.42. The highest BCUT2D eigenvalue weighted by molar-refractivity contribution is 5.33. The molecule has 5 nitrogen and oxygen atoms in total. The predicted molar refractivity (Wildman–Crippen MR) is 91.4 cm³/mol. The van der Waals surface area contributed by atoms with Gasteiger partial charge in [0, 0.05) is 37.6 Å². The summed E-state index contributed by atoms with van der Waals surface area (Å²) in [6, 6.07) is 10.5. The van der Waals surface area contributed by atoms with Crippen LogP contribution in [0.25, 0.3) is 0 Å². The van der Waals surface area contributed by atoms with Crippen LogP contribution in [0.2, 0.25) is 0 Å². The monoisotopic (exact) mass is 312 g/mol. The van der Waals surface area contributed by atoms with Crippen LogP contribution in [0.15, 0.2) is 30.3 Å². The summed E-state index contributed by atoms with van der Waals surface area (Å²) >= 11 is 0. The minimum Gasteiger partial charge on any atom is -0.379 e. The van der Waals surface area contributed by atoms with E-state index in [0.29, 0.717) is 5.95 Å². The van der Waals surface area contributed by atoms with Crippen LogP contribution in [0.3, 0.4) is 0 Å². The largest absolute Gasteiger partial charge is 0.379 e. The second kappa shape index (κ2) is 7.53. The van der Waals surface area contributed by atoms with Gasteiger partial charge in [0.1, 0.15) is 0 Å². The number of benzene rings is 1. The molecule has 3 rings (SSSR count). The molecular weight excluding hydrogens is 288 g/mol. The zero-order chi connectivity index (χ0) is 16.1. The van der Waals surface area contributed by atoms with Crippen molar-refractivity contribution in [1.82, 2.24) is 14.9 Å². The van der Waals surface area contributed by atoms with Crippen LogP contribution >= 0.6 is 0 Å². The van der Waals surface area contributed by atoms with E-state index >= 15 is 0 Å². The van der Waals surface area contributed by atoms with Gasteiger partial charge in [-0.3, -0.25) is 4.90 Å². The number of hydrogen-bond acceptors (Lipinski definition) is 5. The van der Waals surface area contributed by atoms with Crippen molar-refractivity contribution in [2.75, 3.05) is 31.6 Å². The summed E-state index contributed by atoms with van der Waals surface area (Å²) in [5.41, 5.74) is 4.62. The molecule has 5 heteroatoms.